The van der Waals surface area contributed by atoms with E-state index in [1.165, 1.54) is 34.6 Å². The Balaban J connectivity index is 1.45. The van der Waals surface area contributed by atoms with E-state index in [0.29, 0.717) is 47.6 Å². The van der Waals surface area contributed by atoms with E-state index in [2.05, 4.69) is 0 Å². The number of halogens is 3. The molecule has 2 N–H and O–H groups in total. The molecule has 2 aromatic carbocycles. The molecule has 14 nitrogen and oxygen atoms in total. The number of nitrogens with one attached hydrogen (secondary N) is 1. The normalized spacial score (nSPS) is 18.9. The third-order valence-electron chi connectivity index (χ3n) is 7.28. The number of amides is 2. The molecule has 19 heteroatoms. The van der Waals surface area contributed by atoms with Crippen LogP contribution in [0.2, 0.25) is 5.02 Å². The van der Waals surface area contributed by atoms with Gasteiger partial charge in [0.05, 0.1) is 17.3 Å². The molecule has 0 radical (unpaired) electrons. The SMILES string of the molecule is CCOC(=O)N1CCN(CCS(=O)(=O)N2CCN(S(=O)(=O)c3cc(F)c(Oc4ccc(Cl)cc4)c(F)c3)[C@@H](C(=O)NO)C2)CC1. The third-order valence-corrected chi connectivity index (χ3v) is 11.2. The topological polar surface area (TPSA) is 166 Å². The molecule has 2 aliphatic heterocycles. The van der Waals surface area contributed by atoms with E-state index in [0.717, 1.165) is 4.31 Å². The average molecular weight is 696 g/mol. The van der Waals surface area contributed by atoms with E-state index in [-0.39, 0.29) is 31.2 Å². The summed E-state index contributed by atoms with van der Waals surface area (Å²) in [5.74, 6) is -5.15. The van der Waals surface area contributed by atoms with Gasteiger partial charge in [0, 0.05) is 57.4 Å². The first-order chi connectivity index (χ1) is 21.3. The molecule has 2 fully saturated rings. The highest BCUT2D eigenvalue weighted by molar-refractivity contribution is 7.89. The molecular formula is C26H32ClF2N5O9S2. The van der Waals surface area contributed by atoms with Gasteiger partial charge >= 0.3 is 6.09 Å². The van der Waals surface area contributed by atoms with Crippen LogP contribution in [-0.2, 0) is 29.6 Å². The highest BCUT2D eigenvalue weighted by Crippen LogP contribution is 2.32. The standard InChI is InChI=1S/C26H32ClF2N5O9S2/c1-2-42-26(36)32-9-7-31(8-10-32)13-14-44(38,39)33-11-12-34(23(17-33)25(35)30-37)45(40,41)20-15-21(28)24(22(29)16-20)43-19-5-3-18(27)4-6-19/h3-6,15-16,23,37H,2,7-14,17H2,1H3,(H,30,35)/t23-/m1/s1. The number of rotatable bonds is 10. The van der Waals surface area contributed by atoms with Crippen molar-refractivity contribution in [3.8, 4) is 11.5 Å². The van der Waals surface area contributed by atoms with E-state index in [1.54, 1.807) is 6.92 Å². The smallest absolute Gasteiger partial charge is 0.409 e. The second kappa shape index (κ2) is 14.5. The average Bonchev–Trinajstić information content (AvgIpc) is 3.02. The van der Waals surface area contributed by atoms with Crippen LogP contribution in [0.5, 0.6) is 11.5 Å². The summed E-state index contributed by atoms with van der Waals surface area (Å²) in [6, 6.07) is 4.82. The Morgan fingerprint density at radius 1 is 1.00 bits per heavy atom. The van der Waals surface area contributed by atoms with Gasteiger partial charge in [0.25, 0.3) is 5.91 Å². The number of carbonyl (C=O) groups is 2. The van der Waals surface area contributed by atoms with E-state index in [4.69, 9.17) is 21.1 Å². The van der Waals surface area contributed by atoms with Crippen LogP contribution < -0.4 is 10.2 Å². The second-order valence-corrected chi connectivity index (χ2v) is 14.5. The summed E-state index contributed by atoms with van der Waals surface area (Å²) in [7, 11) is -8.81. The minimum Gasteiger partial charge on any atom is -0.451 e. The fourth-order valence-corrected chi connectivity index (χ4v) is 8.05. The van der Waals surface area contributed by atoms with Gasteiger partial charge in [-0.05, 0) is 43.3 Å². The first-order valence-corrected chi connectivity index (χ1v) is 17.2. The van der Waals surface area contributed by atoms with Gasteiger partial charge in [-0.2, -0.15) is 8.61 Å². The molecule has 0 unspecified atom stereocenters. The van der Waals surface area contributed by atoms with Crippen molar-refractivity contribution in [1.82, 2.24) is 23.9 Å². The van der Waals surface area contributed by atoms with Crippen molar-refractivity contribution in [2.24, 2.45) is 0 Å². The maximum absolute atomic E-state index is 14.9. The van der Waals surface area contributed by atoms with Crippen LogP contribution in [0.25, 0.3) is 0 Å². The summed E-state index contributed by atoms with van der Waals surface area (Å²) >= 11 is 5.80. The fraction of sp³-hybridized carbons (Fsp3) is 0.462. The van der Waals surface area contributed by atoms with Gasteiger partial charge in [0.15, 0.2) is 17.4 Å². The predicted octanol–water partition coefficient (Wildman–Crippen LogP) is 1.69. The van der Waals surface area contributed by atoms with Crippen molar-refractivity contribution in [1.29, 1.82) is 0 Å². The number of ether oxygens (including phenoxy) is 2. The molecule has 0 saturated carbocycles. The van der Waals surface area contributed by atoms with E-state index in [1.807, 2.05) is 4.90 Å². The van der Waals surface area contributed by atoms with Gasteiger partial charge in [0.1, 0.15) is 11.8 Å². The van der Waals surface area contributed by atoms with Crippen LogP contribution in [0.1, 0.15) is 6.92 Å². The summed E-state index contributed by atoms with van der Waals surface area (Å²) in [6.45, 7) is 1.98. The van der Waals surface area contributed by atoms with Crippen molar-refractivity contribution in [2.45, 2.75) is 17.9 Å². The number of hydrogen-bond donors (Lipinski definition) is 2. The monoisotopic (exact) mass is 695 g/mol. The molecule has 4 rings (SSSR count). The lowest BCUT2D eigenvalue weighted by atomic mass is 10.2. The Labute approximate surface area is 264 Å². The van der Waals surface area contributed by atoms with Gasteiger partial charge in [-0.3, -0.25) is 14.9 Å². The Morgan fingerprint density at radius 2 is 1.62 bits per heavy atom. The molecule has 0 spiro atoms. The first kappa shape index (κ1) is 34.7. The van der Waals surface area contributed by atoms with Gasteiger partial charge < -0.3 is 14.4 Å². The van der Waals surface area contributed by atoms with Crippen molar-refractivity contribution in [3.63, 3.8) is 0 Å². The summed E-state index contributed by atoms with van der Waals surface area (Å²) in [6.07, 6.45) is -0.446. The molecule has 248 valence electrons. The molecule has 0 aliphatic carbocycles. The third kappa shape index (κ3) is 8.18. The molecule has 1 atom stereocenters. The van der Waals surface area contributed by atoms with Crippen molar-refractivity contribution >= 4 is 43.6 Å². The Bertz CT molecular complexity index is 1590. The van der Waals surface area contributed by atoms with Crippen LogP contribution in [-0.4, -0.2) is 123 Å². The minimum atomic E-state index is -4.79. The van der Waals surface area contributed by atoms with Gasteiger partial charge in [-0.15, -0.1) is 0 Å². The van der Waals surface area contributed by atoms with Crippen LogP contribution >= 0.6 is 11.6 Å². The molecule has 45 heavy (non-hydrogen) atoms. The molecule has 2 saturated heterocycles. The largest absolute Gasteiger partial charge is 0.451 e. The number of carbonyl (C=O) groups excluding carboxylic acids is 2. The summed E-state index contributed by atoms with van der Waals surface area (Å²) in [4.78, 5) is 27.0. The van der Waals surface area contributed by atoms with Gasteiger partial charge in [-0.1, -0.05) is 11.6 Å². The number of benzene rings is 2. The van der Waals surface area contributed by atoms with E-state index < -0.39 is 73.5 Å². The van der Waals surface area contributed by atoms with Crippen LogP contribution in [0, 0.1) is 11.6 Å². The molecule has 2 aliphatic rings. The van der Waals surface area contributed by atoms with Crippen molar-refractivity contribution < 1.29 is 49.9 Å². The number of nitrogens with zero attached hydrogens (tertiary/aromatic N) is 4. The first-order valence-electron chi connectivity index (χ1n) is 13.8. The quantitative estimate of drug-likeness (QED) is 0.276. The lowest BCUT2D eigenvalue weighted by Gasteiger charge is -2.39. The molecule has 0 bridgehead atoms. The zero-order valence-electron chi connectivity index (χ0n) is 24.1. The predicted molar refractivity (Wildman–Crippen MR) is 156 cm³/mol. The summed E-state index contributed by atoms with van der Waals surface area (Å²) < 4.78 is 95.0. The second-order valence-electron chi connectivity index (χ2n) is 10.1. The van der Waals surface area contributed by atoms with Crippen LogP contribution in [0.3, 0.4) is 0 Å². The summed E-state index contributed by atoms with van der Waals surface area (Å²) in [5, 5.41) is 9.65. The van der Waals surface area contributed by atoms with Crippen LogP contribution in [0.15, 0.2) is 41.3 Å². The van der Waals surface area contributed by atoms with Crippen molar-refractivity contribution in [3.05, 3.63) is 53.1 Å². The van der Waals surface area contributed by atoms with E-state index >= 15 is 0 Å². The fourth-order valence-electron chi connectivity index (χ4n) is 4.85. The maximum atomic E-state index is 14.9. The molecule has 2 amide bonds. The molecule has 2 aromatic rings. The maximum Gasteiger partial charge on any atom is 0.409 e. The molecular weight excluding hydrogens is 664 g/mol. The lowest BCUT2D eigenvalue weighted by molar-refractivity contribution is -0.134. The number of hydrogen-bond acceptors (Lipinski definition) is 10. The van der Waals surface area contributed by atoms with Gasteiger partial charge in [-0.25, -0.2) is 35.9 Å². The highest BCUT2D eigenvalue weighted by Gasteiger charge is 2.43. The lowest BCUT2D eigenvalue weighted by Crippen LogP contribution is -2.61. The highest BCUT2D eigenvalue weighted by atomic mass is 35.5. The zero-order chi connectivity index (χ0) is 32.9. The minimum absolute atomic E-state index is 0.0313. The Hall–Kier alpha value is -3.13. The zero-order valence-corrected chi connectivity index (χ0v) is 26.5. The number of piperazine rings is 2. The number of hydroxylamine groups is 1. The van der Waals surface area contributed by atoms with Crippen molar-refractivity contribution in [2.75, 3.05) is 64.7 Å². The summed E-state index contributed by atoms with van der Waals surface area (Å²) in [5.41, 5.74) is 1.33. The number of sulfonamides is 2. The van der Waals surface area contributed by atoms with Gasteiger partial charge in [0.2, 0.25) is 20.0 Å². The molecule has 0 aromatic heterocycles. The Kier molecular flexibility index (Phi) is 11.2. The Morgan fingerprint density at radius 3 is 2.20 bits per heavy atom. The van der Waals surface area contributed by atoms with E-state index in [9.17, 15) is 40.4 Å². The molecule has 2 heterocycles. The van der Waals surface area contributed by atoms with Crippen LogP contribution in [0.4, 0.5) is 13.6 Å².